The topological polar surface area (TPSA) is 29.4 Å². The van der Waals surface area contributed by atoms with Crippen LogP contribution in [0.3, 0.4) is 0 Å². The van der Waals surface area contributed by atoms with Crippen LogP contribution in [0.25, 0.3) is 0 Å². The summed E-state index contributed by atoms with van der Waals surface area (Å²) >= 11 is 0. The summed E-state index contributed by atoms with van der Waals surface area (Å²) in [6, 6.07) is 5.86. The van der Waals surface area contributed by atoms with E-state index in [1.165, 1.54) is 30.5 Å². The fraction of sp³-hybridized carbons (Fsp3) is 0.462. The third-order valence-electron chi connectivity index (χ3n) is 2.21. The Balaban J connectivity index is 2.73. The van der Waals surface area contributed by atoms with Gasteiger partial charge in [0.15, 0.2) is 0 Å². The van der Waals surface area contributed by atoms with Crippen molar-refractivity contribution >= 4 is 17.2 Å². The molecule has 1 rings (SSSR count). The molecular formula is C13H16F3NOS. The summed E-state index contributed by atoms with van der Waals surface area (Å²) < 4.78 is 51.6. The van der Waals surface area contributed by atoms with Crippen LogP contribution in [0, 0.1) is 0 Å². The van der Waals surface area contributed by atoms with E-state index in [1.54, 1.807) is 20.8 Å². The molecule has 0 radical (unpaired) electrons. The monoisotopic (exact) mass is 291 g/mol. The van der Waals surface area contributed by atoms with Gasteiger partial charge in [-0.05, 0) is 31.9 Å². The maximum absolute atomic E-state index is 12.2. The fourth-order valence-corrected chi connectivity index (χ4v) is 1.75. The lowest BCUT2D eigenvalue weighted by molar-refractivity contribution is -0.127. The van der Waals surface area contributed by atoms with Gasteiger partial charge in [-0.2, -0.15) is 17.6 Å². The molecule has 0 saturated heterocycles. The minimum Gasteiger partial charge on any atom is -0.234 e. The van der Waals surface area contributed by atoms with E-state index >= 15 is 0 Å². The standard InChI is InChI=1S/C13H16F3NOS/c1-12(2,3)19(18)17-9-11-6-4-10(5-7-11)8-13(14,15)16/h4-7,9H,8H2,1-3H3/b17-9+/t19-/m1/s1. The van der Waals surface area contributed by atoms with Gasteiger partial charge in [-0.3, -0.25) is 0 Å². The third-order valence-corrected chi connectivity index (χ3v) is 3.55. The molecule has 0 aliphatic rings. The predicted octanol–water partition coefficient (Wildman–Crippen LogP) is 3.67. The van der Waals surface area contributed by atoms with Gasteiger partial charge in [0.25, 0.3) is 0 Å². The molecule has 1 atom stereocenters. The molecule has 0 amide bonds. The maximum Gasteiger partial charge on any atom is 0.393 e. The molecule has 0 fully saturated rings. The predicted molar refractivity (Wildman–Crippen MR) is 71.7 cm³/mol. The molecular weight excluding hydrogens is 275 g/mol. The van der Waals surface area contributed by atoms with Gasteiger partial charge >= 0.3 is 6.18 Å². The molecule has 106 valence electrons. The highest BCUT2D eigenvalue weighted by atomic mass is 32.2. The van der Waals surface area contributed by atoms with E-state index in [-0.39, 0.29) is 5.56 Å². The summed E-state index contributed by atoms with van der Waals surface area (Å²) in [5, 5.41) is 0. The van der Waals surface area contributed by atoms with Crippen LogP contribution < -0.4 is 0 Å². The summed E-state index contributed by atoms with van der Waals surface area (Å²) in [5.41, 5.74) is 0.824. The largest absolute Gasteiger partial charge is 0.393 e. The van der Waals surface area contributed by atoms with Crippen molar-refractivity contribution in [3.8, 4) is 0 Å². The van der Waals surface area contributed by atoms with Crippen LogP contribution >= 0.6 is 0 Å². The Bertz CT molecular complexity index is 472. The first kappa shape index (κ1) is 15.9. The zero-order chi connectivity index (χ0) is 14.7. The highest BCUT2D eigenvalue weighted by molar-refractivity contribution is 7.85. The summed E-state index contributed by atoms with van der Waals surface area (Å²) in [6.07, 6.45) is -3.74. The number of halogens is 3. The first-order valence-electron chi connectivity index (χ1n) is 5.70. The van der Waals surface area contributed by atoms with E-state index in [4.69, 9.17) is 0 Å². The van der Waals surface area contributed by atoms with Crippen LogP contribution in [0.5, 0.6) is 0 Å². The van der Waals surface area contributed by atoms with E-state index < -0.39 is 28.3 Å². The number of hydrogen-bond acceptors (Lipinski definition) is 1. The van der Waals surface area contributed by atoms with Crippen molar-refractivity contribution in [3.63, 3.8) is 0 Å². The second-order valence-electron chi connectivity index (χ2n) is 5.13. The van der Waals surface area contributed by atoms with E-state index in [0.717, 1.165) is 0 Å². The summed E-state index contributed by atoms with van der Waals surface area (Å²) in [4.78, 5) is 0. The summed E-state index contributed by atoms with van der Waals surface area (Å²) in [5.74, 6) is 0. The average Bonchev–Trinajstić information content (AvgIpc) is 2.24. The summed E-state index contributed by atoms with van der Waals surface area (Å²) in [7, 11) is -1.37. The molecule has 0 saturated carbocycles. The molecule has 0 aromatic heterocycles. The van der Waals surface area contributed by atoms with Crippen LogP contribution in [0.15, 0.2) is 28.7 Å². The second-order valence-corrected chi connectivity index (χ2v) is 7.06. The van der Waals surface area contributed by atoms with Gasteiger partial charge in [-0.25, -0.2) is 4.21 Å². The van der Waals surface area contributed by atoms with Gasteiger partial charge in [0.1, 0.15) is 11.0 Å². The zero-order valence-corrected chi connectivity index (χ0v) is 11.8. The SMILES string of the molecule is CC(C)(C)[S@@](=O)/N=C/c1ccc(CC(F)(F)F)cc1. The molecule has 6 heteroatoms. The minimum absolute atomic E-state index is 0.196. The molecule has 0 N–H and O–H groups in total. The average molecular weight is 291 g/mol. The number of benzene rings is 1. The number of alkyl halides is 3. The first-order valence-corrected chi connectivity index (χ1v) is 6.80. The zero-order valence-electron chi connectivity index (χ0n) is 11.0. The number of rotatable bonds is 3. The Morgan fingerprint density at radius 2 is 1.68 bits per heavy atom. The van der Waals surface area contributed by atoms with E-state index in [9.17, 15) is 17.4 Å². The van der Waals surface area contributed by atoms with Crippen molar-refractivity contribution < 1.29 is 17.4 Å². The van der Waals surface area contributed by atoms with Crippen molar-refractivity contribution in [2.24, 2.45) is 4.40 Å². The lowest BCUT2D eigenvalue weighted by Gasteiger charge is -2.12. The Morgan fingerprint density at radius 1 is 1.16 bits per heavy atom. The lowest BCUT2D eigenvalue weighted by Crippen LogP contribution is -2.19. The van der Waals surface area contributed by atoms with Crippen LogP contribution in [0.2, 0.25) is 0 Å². The number of nitrogens with zero attached hydrogens (tertiary/aromatic N) is 1. The minimum atomic E-state index is -4.21. The van der Waals surface area contributed by atoms with E-state index in [1.807, 2.05) is 0 Å². The van der Waals surface area contributed by atoms with Crippen molar-refractivity contribution in [3.05, 3.63) is 35.4 Å². The quantitative estimate of drug-likeness (QED) is 0.781. The fourth-order valence-electron chi connectivity index (χ4n) is 1.22. The molecule has 0 heterocycles. The Kier molecular flexibility index (Phi) is 4.90. The molecule has 0 aliphatic heterocycles. The van der Waals surface area contributed by atoms with Crippen LogP contribution in [-0.2, 0) is 17.4 Å². The highest BCUT2D eigenvalue weighted by Crippen LogP contribution is 2.21. The van der Waals surface area contributed by atoms with Gasteiger partial charge in [0, 0.05) is 6.21 Å². The Labute approximate surface area is 113 Å². The Hall–Kier alpha value is -1.17. The second kappa shape index (κ2) is 5.86. The molecule has 0 spiro atoms. The van der Waals surface area contributed by atoms with E-state index in [0.29, 0.717) is 5.56 Å². The molecule has 0 aliphatic carbocycles. The first-order chi connectivity index (χ1) is 8.58. The molecule has 0 bridgehead atoms. The molecule has 19 heavy (non-hydrogen) atoms. The van der Waals surface area contributed by atoms with Gasteiger partial charge in [-0.1, -0.05) is 24.3 Å². The van der Waals surface area contributed by atoms with E-state index in [2.05, 4.69) is 4.40 Å². The van der Waals surface area contributed by atoms with Gasteiger partial charge < -0.3 is 0 Å². The normalized spacial score (nSPS) is 14.8. The van der Waals surface area contributed by atoms with Gasteiger partial charge in [0.2, 0.25) is 0 Å². The summed E-state index contributed by atoms with van der Waals surface area (Å²) in [6.45, 7) is 5.40. The number of hydrogen-bond donors (Lipinski definition) is 0. The third kappa shape index (κ3) is 6.00. The van der Waals surface area contributed by atoms with Crippen molar-refractivity contribution in [1.29, 1.82) is 0 Å². The smallest absolute Gasteiger partial charge is 0.234 e. The van der Waals surface area contributed by atoms with Crippen LogP contribution in [-0.4, -0.2) is 21.3 Å². The molecule has 0 unspecified atom stereocenters. The van der Waals surface area contributed by atoms with Crippen molar-refractivity contribution in [1.82, 2.24) is 0 Å². The lowest BCUT2D eigenvalue weighted by atomic mass is 10.1. The van der Waals surface area contributed by atoms with Crippen LogP contribution in [0.4, 0.5) is 13.2 Å². The van der Waals surface area contributed by atoms with Gasteiger partial charge in [-0.15, -0.1) is 0 Å². The molecule has 2 nitrogen and oxygen atoms in total. The highest BCUT2D eigenvalue weighted by Gasteiger charge is 2.27. The molecule has 1 aromatic carbocycles. The van der Waals surface area contributed by atoms with Gasteiger partial charge in [0.05, 0.1) is 11.2 Å². The van der Waals surface area contributed by atoms with Crippen LogP contribution in [0.1, 0.15) is 31.9 Å². The van der Waals surface area contributed by atoms with Crippen molar-refractivity contribution in [2.45, 2.75) is 38.1 Å². The molecule has 1 aromatic rings. The Morgan fingerprint density at radius 3 is 2.11 bits per heavy atom. The van der Waals surface area contributed by atoms with Crippen molar-refractivity contribution in [2.75, 3.05) is 0 Å². The maximum atomic E-state index is 12.2.